The first-order valence-electron chi connectivity index (χ1n) is 5.08. The van der Waals surface area contributed by atoms with E-state index in [0.29, 0.717) is 11.5 Å². The maximum Gasteiger partial charge on any atom is 0.217 e. The van der Waals surface area contributed by atoms with Crippen LogP contribution in [0, 0.1) is 6.92 Å². The Labute approximate surface area is 117 Å². The highest BCUT2D eigenvalue weighted by atomic mass is 79.9. The van der Waals surface area contributed by atoms with Crippen molar-refractivity contribution in [3.8, 4) is 0 Å². The minimum Gasteiger partial charge on any atom is -0.361 e. The number of rotatable bonds is 5. The second kappa shape index (κ2) is 5.52. The fourth-order valence-electron chi connectivity index (χ4n) is 1.36. The summed E-state index contributed by atoms with van der Waals surface area (Å²) in [5, 5.41) is 3.66. The van der Waals surface area contributed by atoms with Gasteiger partial charge in [0.1, 0.15) is 17.2 Å². The molecule has 2 aromatic rings. The van der Waals surface area contributed by atoms with Crippen LogP contribution in [0.25, 0.3) is 0 Å². The quantitative estimate of drug-likeness (QED) is 0.898. The molecule has 18 heavy (non-hydrogen) atoms. The Hall–Kier alpha value is -0.700. The largest absolute Gasteiger partial charge is 0.361 e. The van der Waals surface area contributed by atoms with Gasteiger partial charge in [0.15, 0.2) is 0 Å². The van der Waals surface area contributed by atoms with Gasteiger partial charge < -0.3 is 4.52 Å². The van der Waals surface area contributed by atoms with Crippen molar-refractivity contribution in [3.05, 3.63) is 38.3 Å². The Morgan fingerprint density at radius 1 is 1.50 bits per heavy atom. The van der Waals surface area contributed by atoms with Crippen molar-refractivity contribution in [1.29, 1.82) is 0 Å². The summed E-state index contributed by atoms with van der Waals surface area (Å²) < 4.78 is 31.9. The third-order valence-electron chi connectivity index (χ3n) is 2.11. The van der Waals surface area contributed by atoms with Crippen molar-refractivity contribution in [2.24, 2.45) is 0 Å². The average molecular weight is 351 g/mol. The predicted octanol–water partition coefficient (Wildman–Crippen LogP) is 2.43. The summed E-state index contributed by atoms with van der Waals surface area (Å²) in [6.45, 7) is 2.01. The van der Waals surface area contributed by atoms with Gasteiger partial charge in [-0.1, -0.05) is 5.16 Å². The number of sulfonamides is 1. The van der Waals surface area contributed by atoms with E-state index in [4.69, 9.17) is 4.52 Å². The summed E-state index contributed by atoms with van der Waals surface area (Å²) in [5.41, 5.74) is 0.410. The SMILES string of the molecule is Cc1cc(CS(=O)(=O)NCc2ccc(Br)s2)no1. The highest BCUT2D eigenvalue weighted by molar-refractivity contribution is 9.11. The van der Waals surface area contributed by atoms with Crippen LogP contribution < -0.4 is 4.72 Å². The van der Waals surface area contributed by atoms with Crippen molar-refractivity contribution in [3.63, 3.8) is 0 Å². The predicted molar refractivity (Wildman–Crippen MR) is 72.7 cm³/mol. The van der Waals surface area contributed by atoms with Crippen LogP contribution in [0.15, 0.2) is 26.5 Å². The van der Waals surface area contributed by atoms with Gasteiger partial charge in [-0.25, -0.2) is 13.1 Å². The summed E-state index contributed by atoms with van der Waals surface area (Å²) in [5.74, 6) is 0.430. The molecule has 0 saturated carbocycles. The minimum atomic E-state index is -3.39. The van der Waals surface area contributed by atoms with Crippen molar-refractivity contribution in [2.45, 2.75) is 19.2 Å². The molecule has 0 aromatic carbocycles. The Morgan fingerprint density at radius 3 is 2.83 bits per heavy atom. The van der Waals surface area contributed by atoms with Gasteiger partial charge in [-0.2, -0.15) is 0 Å². The Balaban J connectivity index is 1.95. The highest BCUT2D eigenvalue weighted by Crippen LogP contribution is 2.22. The van der Waals surface area contributed by atoms with E-state index in [9.17, 15) is 8.42 Å². The molecule has 0 unspecified atom stereocenters. The average Bonchev–Trinajstić information content (AvgIpc) is 2.85. The second-order valence-corrected chi connectivity index (χ2v) is 8.07. The van der Waals surface area contributed by atoms with E-state index in [1.54, 1.807) is 13.0 Å². The van der Waals surface area contributed by atoms with Gasteiger partial charge in [-0.05, 0) is 35.0 Å². The fraction of sp³-hybridized carbons (Fsp3) is 0.300. The summed E-state index contributed by atoms with van der Waals surface area (Å²) in [7, 11) is -3.39. The molecule has 8 heteroatoms. The molecule has 0 amide bonds. The standard InChI is InChI=1S/C10H11BrN2O3S2/c1-7-4-8(13-16-7)6-18(14,15)12-5-9-2-3-10(11)17-9/h2-4,12H,5-6H2,1H3. The lowest BCUT2D eigenvalue weighted by molar-refractivity contribution is 0.392. The third-order valence-corrected chi connectivity index (χ3v) is 4.99. The summed E-state index contributed by atoms with van der Waals surface area (Å²) in [6, 6.07) is 5.37. The number of aromatic nitrogens is 1. The number of halogens is 1. The smallest absolute Gasteiger partial charge is 0.217 e. The first-order valence-corrected chi connectivity index (χ1v) is 8.34. The van der Waals surface area contributed by atoms with Crippen molar-refractivity contribution >= 4 is 37.3 Å². The lowest BCUT2D eigenvalue weighted by atomic mass is 10.4. The topological polar surface area (TPSA) is 72.2 Å². The van der Waals surface area contributed by atoms with Gasteiger partial charge in [0, 0.05) is 17.5 Å². The van der Waals surface area contributed by atoms with Gasteiger partial charge in [0.25, 0.3) is 0 Å². The molecular weight excluding hydrogens is 340 g/mol. The molecule has 0 radical (unpaired) electrons. The lowest BCUT2D eigenvalue weighted by Crippen LogP contribution is -2.24. The molecule has 0 spiro atoms. The first-order chi connectivity index (χ1) is 8.44. The molecule has 0 aliphatic heterocycles. The van der Waals surface area contributed by atoms with Gasteiger partial charge in [-0.3, -0.25) is 0 Å². The number of nitrogens with zero attached hydrogens (tertiary/aromatic N) is 1. The number of hydrogen-bond donors (Lipinski definition) is 1. The van der Waals surface area contributed by atoms with Crippen LogP contribution in [0.1, 0.15) is 16.3 Å². The zero-order valence-corrected chi connectivity index (χ0v) is 12.7. The zero-order valence-electron chi connectivity index (χ0n) is 9.51. The van der Waals surface area contributed by atoms with E-state index < -0.39 is 10.0 Å². The van der Waals surface area contributed by atoms with Crippen LogP contribution in [-0.4, -0.2) is 13.6 Å². The monoisotopic (exact) mass is 350 g/mol. The van der Waals surface area contributed by atoms with Crippen LogP contribution in [0.3, 0.4) is 0 Å². The molecule has 0 aliphatic rings. The molecular formula is C10H11BrN2O3S2. The first kappa shape index (κ1) is 13.7. The van der Waals surface area contributed by atoms with Crippen molar-refractivity contribution < 1.29 is 12.9 Å². The Bertz CT molecular complexity index is 633. The summed E-state index contributed by atoms with van der Waals surface area (Å²) in [6.07, 6.45) is 0. The number of nitrogens with one attached hydrogen (secondary N) is 1. The molecule has 98 valence electrons. The highest BCUT2D eigenvalue weighted by Gasteiger charge is 2.14. The minimum absolute atomic E-state index is 0.170. The van der Waals surface area contributed by atoms with Crippen LogP contribution in [0.5, 0.6) is 0 Å². The Morgan fingerprint density at radius 2 is 2.28 bits per heavy atom. The molecule has 1 N–H and O–H groups in total. The molecule has 2 aromatic heterocycles. The van der Waals surface area contributed by atoms with Crippen LogP contribution in [-0.2, 0) is 22.3 Å². The molecule has 5 nitrogen and oxygen atoms in total. The zero-order chi connectivity index (χ0) is 13.2. The number of hydrogen-bond acceptors (Lipinski definition) is 5. The van der Waals surface area contributed by atoms with Crippen molar-refractivity contribution in [1.82, 2.24) is 9.88 Å². The van der Waals surface area contributed by atoms with Crippen LogP contribution in [0.4, 0.5) is 0 Å². The maximum absolute atomic E-state index is 11.8. The molecule has 2 rings (SSSR count). The van der Waals surface area contributed by atoms with E-state index in [2.05, 4.69) is 25.8 Å². The number of aryl methyl sites for hydroxylation is 1. The normalized spacial score (nSPS) is 11.9. The summed E-state index contributed by atoms with van der Waals surface area (Å²) >= 11 is 4.82. The maximum atomic E-state index is 11.8. The molecule has 0 bridgehead atoms. The van der Waals surface area contributed by atoms with Crippen LogP contribution >= 0.6 is 27.3 Å². The summed E-state index contributed by atoms with van der Waals surface area (Å²) in [4.78, 5) is 0.946. The van der Waals surface area contributed by atoms with E-state index in [1.165, 1.54) is 11.3 Å². The second-order valence-electron chi connectivity index (χ2n) is 3.71. The lowest BCUT2D eigenvalue weighted by Gasteiger charge is -2.02. The third kappa shape index (κ3) is 3.91. The van der Waals surface area contributed by atoms with E-state index in [1.807, 2.05) is 12.1 Å². The van der Waals surface area contributed by atoms with Crippen LogP contribution in [0.2, 0.25) is 0 Å². The van der Waals surface area contributed by atoms with E-state index >= 15 is 0 Å². The van der Waals surface area contributed by atoms with E-state index in [-0.39, 0.29) is 12.3 Å². The van der Waals surface area contributed by atoms with Gasteiger partial charge in [0.2, 0.25) is 10.0 Å². The van der Waals surface area contributed by atoms with Crippen molar-refractivity contribution in [2.75, 3.05) is 0 Å². The molecule has 2 heterocycles. The number of thiophene rings is 1. The molecule has 0 fully saturated rings. The molecule has 0 atom stereocenters. The van der Waals surface area contributed by atoms with Gasteiger partial charge in [0.05, 0.1) is 3.79 Å². The molecule has 0 aliphatic carbocycles. The molecule has 0 saturated heterocycles. The van der Waals surface area contributed by atoms with Gasteiger partial charge >= 0.3 is 0 Å². The van der Waals surface area contributed by atoms with Gasteiger partial charge in [-0.15, -0.1) is 11.3 Å². The Kier molecular flexibility index (Phi) is 4.21. The fourth-order valence-corrected chi connectivity index (χ4v) is 3.88. The van der Waals surface area contributed by atoms with E-state index in [0.717, 1.165) is 8.66 Å².